The van der Waals surface area contributed by atoms with Crippen molar-refractivity contribution in [2.45, 2.75) is 0 Å². The minimum Gasteiger partial charge on any atom is -0.495 e. The van der Waals surface area contributed by atoms with Crippen molar-refractivity contribution in [3.8, 4) is 28.4 Å². The Balaban J connectivity index is 1.81. The third kappa shape index (κ3) is 5.09. The molecule has 0 saturated carbocycles. The number of fused-ring (bicyclic) bond motifs is 1. The summed E-state index contributed by atoms with van der Waals surface area (Å²) in [6.07, 6.45) is 2.62. The lowest BCUT2D eigenvalue weighted by atomic mass is 10.0. The van der Waals surface area contributed by atoms with Crippen molar-refractivity contribution < 1.29 is 23.4 Å². The van der Waals surface area contributed by atoms with Gasteiger partial charge in [-0.2, -0.15) is 0 Å². The highest BCUT2D eigenvalue weighted by molar-refractivity contribution is 6.41. The van der Waals surface area contributed by atoms with E-state index in [4.69, 9.17) is 37.4 Å². The van der Waals surface area contributed by atoms with E-state index in [2.05, 4.69) is 27.2 Å². The molecule has 0 spiro atoms. The van der Waals surface area contributed by atoms with Gasteiger partial charge in [0.1, 0.15) is 34.3 Å². The first-order chi connectivity index (χ1) is 17.8. The minimum absolute atomic E-state index is 0.00493. The van der Waals surface area contributed by atoms with E-state index >= 15 is 0 Å². The third-order valence-corrected chi connectivity index (χ3v) is 6.17. The quantitative estimate of drug-likeness (QED) is 0.241. The van der Waals surface area contributed by atoms with Crippen LogP contribution in [0.5, 0.6) is 17.2 Å². The van der Waals surface area contributed by atoms with E-state index in [1.165, 1.54) is 39.5 Å². The molecule has 0 radical (unpaired) electrons. The molecule has 0 bridgehead atoms. The van der Waals surface area contributed by atoms with Crippen LogP contribution in [0.4, 0.5) is 21.7 Å². The number of amides is 1. The molecule has 3 aromatic carbocycles. The topological polar surface area (TPSA) is 94.6 Å². The molecule has 11 heteroatoms. The predicted octanol–water partition coefficient (Wildman–Crippen LogP) is 6.64. The molecule has 0 fully saturated rings. The minimum atomic E-state index is -0.607. The molecular weight excluding hydrogens is 522 g/mol. The zero-order valence-electron chi connectivity index (χ0n) is 20.0. The van der Waals surface area contributed by atoms with Crippen LogP contribution in [-0.2, 0) is 4.79 Å². The van der Waals surface area contributed by atoms with Gasteiger partial charge in [-0.25, -0.2) is 14.4 Å². The number of para-hydroxylation sites is 1. The number of hydrogen-bond acceptors (Lipinski definition) is 7. The molecule has 1 heterocycles. The Hall–Kier alpha value is -4.08. The number of anilines is 3. The Morgan fingerprint density at radius 1 is 1.03 bits per heavy atom. The lowest BCUT2D eigenvalue weighted by Crippen LogP contribution is -2.10. The van der Waals surface area contributed by atoms with Crippen molar-refractivity contribution in [1.82, 2.24) is 9.97 Å². The zero-order chi connectivity index (χ0) is 26.7. The number of carbonyl (C=O) groups excluding carboxylic acids is 1. The maximum absolute atomic E-state index is 14.6. The Bertz CT molecular complexity index is 1500. The van der Waals surface area contributed by atoms with Crippen molar-refractivity contribution in [2.24, 2.45) is 0 Å². The highest BCUT2D eigenvalue weighted by Crippen LogP contribution is 2.47. The molecular formula is C26H21Cl2FN4O4. The van der Waals surface area contributed by atoms with Crippen molar-refractivity contribution in [2.75, 3.05) is 32.0 Å². The molecule has 190 valence electrons. The normalized spacial score (nSPS) is 10.6. The van der Waals surface area contributed by atoms with Crippen LogP contribution in [0.1, 0.15) is 0 Å². The summed E-state index contributed by atoms with van der Waals surface area (Å²) >= 11 is 13.2. The highest BCUT2D eigenvalue weighted by Gasteiger charge is 2.21. The number of carbonyl (C=O) groups is 1. The second kappa shape index (κ2) is 10.9. The summed E-state index contributed by atoms with van der Waals surface area (Å²) in [5.74, 6) is 0.143. The van der Waals surface area contributed by atoms with Gasteiger partial charge < -0.3 is 24.8 Å². The maximum atomic E-state index is 14.6. The lowest BCUT2D eigenvalue weighted by Gasteiger charge is -2.16. The molecule has 8 nitrogen and oxygen atoms in total. The van der Waals surface area contributed by atoms with E-state index < -0.39 is 11.7 Å². The first-order valence-electron chi connectivity index (χ1n) is 10.7. The van der Waals surface area contributed by atoms with Crippen LogP contribution >= 0.6 is 23.2 Å². The molecule has 1 aromatic heterocycles. The van der Waals surface area contributed by atoms with Gasteiger partial charge in [0, 0.05) is 23.2 Å². The van der Waals surface area contributed by atoms with Gasteiger partial charge in [0.05, 0.1) is 37.1 Å². The average Bonchev–Trinajstić information content (AvgIpc) is 2.90. The fourth-order valence-electron chi connectivity index (χ4n) is 3.66. The summed E-state index contributed by atoms with van der Waals surface area (Å²) in [5.41, 5.74) is 1.74. The van der Waals surface area contributed by atoms with Crippen molar-refractivity contribution in [3.63, 3.8) is 0 Å². The predicted molar refractivity (Wildman–Crippen MR) is 143 cm³/mol. The molecule has 2 N–H and O–H groups in total. The molecule has 0 unspecified atom stereocenters. The Labute approximate surface area is 222 Å². The van der Waals surface area contributed by atoms with E-state index in [0.29, 0.717) is 49.3 Å². The third-order valence-electron chi connectivity index (χ3n) is 5.42. The highest BCUT2D eigenvalue weighted by atomic mass is 35.5. The summed E-state index contributed by atoms with van der Waals surface area (Å²) in [6.45, 7) is 3.41. The first kappa shape index (κ1) is 26.0. The van der Waals surface area contributed by atoms with Crippen LogP contribution in [0.25, 0.3) is 22.0 Å². The smallest absolute Gasteiger partial charge is 0.247 e. The molecule has 37 heavy (non-hydrogen) atoms. The molecule has 0 aliphatic carbocycles. The molecule has 4 rings (SSSR count). The number of hydrogen-bond donors (Lipinski definition) is 2. The van der Waals surface area contributed by atoms with Gasteiger partial charge in [-0.15, -0.1) is 0 Å². The standard InChI is InChI=1S/C26H21Cl2FN4O4/c1-5-20(34)31-16-8-6-7-15(29)25(16)33-26-30-12-14-9-13(10-19(37-4)24(14)32-26)21-22(27)17(35-2)11-18(36-3)23(21)28/h5-12H,1H2,2-4H3,(H,31,34)(H,30,32,33). The second-order valence-electron chi connectivity index (χ2n) is 7.57. The molecule has 0 atom stereocenters. The maximum Gasteiger partial charge on any atom is 0.247 e. The van der Waals surface area contributed by atoms with Crippen LogP contribution in [0.2, 0.25) is 10.0 Å². The van der Waals surface area contributed by atoms with Crippen LogP contribution in [-0.4, -0.2) is 37.2 Å². The number of methoxy groups -OCH3 is 3. The van der Waals surface area contributed by atoms with Gasteiger partial charge in [-0.05, 0) is 35.9 Å². The second-order valence-corrected chi connectivity index (χ2v) is 8.33. The van der Waals surface area contributed by atoms with Gasteiger partial charge in [-0.3, -0.25) is 4.79 Å². The molecule has 4 aromatic rings. The monoisotopic (exact) mass is 542 g/mol. The van der Waals surface area contributed by atoms with Gasteiger partial charge in [-0.1, -0.05) is 35.8 Å². The van der Waals surface area contributed by atoms with E-state index in [9.17, 15) is 9.18 Å². The molecule has 0 saturated heterocycles. The van der Waals surface area contributed by atoms with Gasteiger partial charge in [0.15, 0.2) is 0 Å². The van der Waals surface area contributed by atoms with E-state index in [0.717, 1.165) is 6.08 Å². The van der Waals surface area contributed by atoms with Crippen LogP contribution in [0, 0.1) is 5.82 Å². The first-order valence-corrected chi connectivity index (χ1v) is 11.5. The summed E-state index contributed by atoms with van der Waals surface area (Å²) in [4.78, 5) is 20.6. The van der Waals surface area contributed by atoms with E-state index in [1.807, 2.05) is 0 Å². The number of rotatable bonds is 8. The largest absolute Gasteiger partial charge is 0.495 e. The number of ether oxygens (including phenoxy) is 3. The van der Waals surface area contributed by atoms with Crippen LogP contribution in [0.15, 0.2) is 55.3 Å². The number of benzene rings is 3. The van der Waals surface area contributed by atoms with Crippen LogP contribution in [0.3, 0.4) is 0 Å². The summed E-state index contributed by atoms with van der Waals surface area (Å²) in [7, 11) is 4.47. The van der Waals surface area contributed by atoms with Crippen molar-refractivity contribution >= 4 is 57.3 Å². The zero-order valence-corrected chi connectivity index (χ0v) is 21.5. The summed E-state index contributed by atoms with van der Waals surface area (Å²) in [6, 6.07) is 9.35. The van der Waals surface area contributed by atoms with Gasteiger partial charge in [0.2, 0.25) is 11.9 Å². The lowest BCUT2D eigenvalue weighted by molar-refractivity contribution is -0.111. The Kier molecular flexibility index (Phi) is 7.66. The Morgan fingerprint density at radius 3 is 2.32 bits per heavy atom. The average molecular weight is 543 g/mol. The summed E-state index contributed by atoms with van der Waals surface area (Å²) < 4.78 is 31.0. The fraction of sp³-hybridized carbons (Fsp3) is 0.115. The number of nitrogens with one attached hydrogen (secondary N) is 2. The SMILES string of the molecule is C=CC(=O)Nc1cccc(F)c1Nc1ncc2cc(-c3c(Cl)c(OC)cc(OC)c3Cl)cc(OC)c2n1. The fourth-order valence-corrected chi connectivity index (χ4v) is 4.38. The van der Waals surface area contributed by atoms with Crippen molar-refractivity contribution in [1.29, 1.82) is 0 Å². The Morgan fingerprint density at radius 2 is 1.70 bits per heavy atom. The van der Waals surface area contributed by atoms with Gasteiger partial charge >= 0.3 is 0 Å². The molecule has 0 aliphatic heterocycles. The number of nitrogens with zero attached hydrogens (tertiary/aromatic N) is 2. The van der Waals surface area contributed by atoms with Gasteiger partial charge in [0.25, 0.3) is 0 Å². The van der Waals surface area contributed by atoms with Crippen molar-refractivity contribution in [3.05, 3.63) is 71.1 Å². The van der Waals surface area contributed by atoms with E-state index in [1.54, 1.807) is 24.4 Å². The number of aromatic nitrogens is 2. The molecule has 0 aliphatic rings. The van der Waals surface area contributed by atoms with E-state index in [-0.39, 0.29) is 17.3 Å². The number of halogens is 3. The molecule has 1 amide bonds. The summed E-state index contributed by atoms with van der Waals surface area (Å²) in [5, 5.41) is 6.57. The van der Waals surface area contributed by atoms with Crippen LogP contribution < -0.4 is 24.8 Å².